The highest BCUT2D eigenvalue weighted by atomic mass is 19.4. The van der Waals surface area contributed by atoms with E-state index in [2.05, 4.69) is 15.5 Å². The monoisotopic (exact) mass is 446 g/mol. The zero-order valence-electron chi connectivity index (χ0n) is 18.2. The molecule has 0 bridgehead atoms. The lowest BCUT2D eigenvalue weighted by molar-refractivity contribution is -0.137. The average molecular weight is 446 g/mol. The van der Waals surface area contributed by atoms with Gasteiger partial charge in [0.25, 0.3) is 5.91 Å². The van der Waals surface area contributed by atoms with Crippen molar-refractivity contribution in [1.82, 2.24) is 0 Å². The van der Waals surface area contributed by atoms with Crippen molar-refractivity contribution in [3.63, 3.8) is 0 Å². The number of hydrogen-bond donors (Lipinski definition) is 0. The molecule has 0 saturated carbocycles. The van der Waals surface area contributed by atoms with Crippen molar-refractivity contribution in [2.45, 2.75) is 46.4 Å². The normalized spacial score (nSPS) is 17.4. The van der Waals surface area contributed by atoms with Crippen LogP contribution in [0.2, 0.25) is 0 Å². The fourth-order valence-electron chi connectivity index (χ4n) is 3.35. The van der Waals surface area contributed by atoms with Crippen LogP contribution in [0.5, 0.6) is 0 Å². The highest BCUT2D eigenvalue weighted by Crippen LogP contribution is 2.30. The van der Waals surface area contributed by atoms with E-state index in [1.54, 1.807) is 19.1 Å². The van der Waals surface area contributed by atoms with Crippen molar-refractivity contribution >= 4 is 17.3 Å². The number of anilines is 1. The zero-order chi connectivity index (χ0) is 23.3. The third-order valence-electron chi connectivity index (χ3n) is 5.30. The first-order valence-electron chi connectivity index (χ1n) is 10.4. The molecule has 0 fully saturated rings. The van der Waals surface area contributed by atoms with Crippen molar-refractivity contribution in [1.29, 1.82) is 0 Å². The van der Waals surface area contributed by atoms with Gasteiger partial charge in [-0.1, -0.05) is 48.5 Å². The van der Waals surface area contributed by atoms with E-state index < -0.39 is 11.7 Å². The maximum absolute atomic E-state index is 13.0. The Morgan fingerprint density at radius 2 is 2.00 bits per heavy atom. The van der Waals surface area contributed by atoms with Crippen LogP contribution in [-0.4, -0.2) is 18.2 Å². The van der Waals surface area contributed by atoms with Gasteiger partial charge in [-0.15, -0.1) is 0 Å². The minimum absolute atomic E-state index is 0.0259. The predicted octanol–water partition coefficient (Wildman–Crippen LogP) is 6.08. The molecular formula is C23H25F3N4O2. The van der Waals surface area contributed by atoms with Crippen molar-refractivity contribution in [3.05, 3.63) is 64.7 Å². The third kappa shape index (κ3) is 5.33. The second kappa shape index (κ2) is 9.93. The summed E-state index contributed by atoms with van der Waals surface area (Å²) in [6, 6.07) is 10.4. The molecule has 1 atom stereocenters. The molecule has 3 rings (SSSR count). The van der Waals surface area contributed by atoms with Crippen LogP contribution in [0.4, 0.5) is 18.9 Å². The van der Waals surface area contributed by atoms with Crippen LogP contribution in [0.15, 0.2) is 58.0 Å². The average Bonchev–Trinajstić information content (AvgIpc) is 2.92. The van der Waals surface area contributed by atoms with E-state index in [9.17, 15) is 18.0 Å². The molecule has 1 aliphatic heterocycles. The van der Waals surface area contributed by atoms with E-state index in [4.69, 9.17) is 4.84 Å². The first-order valence-corrected chi connectivity index (χ1v) is 10.4. The van der Waals surface area contributed by atoms with Crippen LogP contribution in [0.25, 0.3) is 0 Å². The highest BCUT2D eigenvalue weighted by molar-refractivity contribution is 6.00. The molecule has 6 nitrogen and oxygen atoms in total. The van der Waals surface area contributed by atoms with E-state index in [-0.39, 0.29) is 18.4 Å². The molecule has 32 heavy (non-hydrogen) atoms. The molecule has 1 heterocycles. The van der Waals surface area contributed by atoms with Gasteiger partial charge in [0.1, 0.15) is 6.61 Å². The number of oxime groups is 1. The van der Waals surface area contributed by atoms with Crippen LogP contribution in [0.3, 0.4) is 0 Å². The SMILES string of the molecule is CC/C(=N/OCc1c(C)cccc1N1N=NCCC(C)C1=O)c1cccc(C(F)(F)F)c1. The summed E-state index contributed by atoms with van der Waals surface area (Å²) in [5.41, 5.74) is 2.13. The second-order valence-corrected chi connectivity index (χ2v) is 7.61. The van der Waals surface area contributed by atoms with Gasteiger partial charge in [0, 0.05) is 11.5 Å². The van der Waals surface area contributed by atoms with Crippen LogP contribution in [0.1, 0.15) is 48.9 Å². The summed E-state index contributed by atoms with van der Waals surface area (Å²) in [5.74, 6) is -0.371. The highest BCUT2D eigenvalue weighted by Gasteiger charge is 2.30. The quantitative estimate of drug-likeness (QED) is 0.398. The van der Waals surface area contributed by atoms with Crippen molar-refractivity contribution in [2.24, 2.45) is 21.4 Å². The van der Waals surface area contributed by atoms with Crippen LogP contribution in [-0.2, 0) is 22.4 Å². The van der Waals surface area contributed by atoms with Gasteiger partial charge < -0.3 is 4.84 Å². The number of amides is 1. The number of rotatable bonds is 6. The molecule has 170 valence electrons. The maximum Gasteiger partial charge on any atom is 0.416 e. The molecule has 0 N–H and O–H groups in total. The van der Waals surface area contributed by atoms with Crippen molar-refractivity contribution in [2.75, 3.05) is 11.6 Å². The largest absolute Gasteiger partial charge is 0.416 e. The number of benzene rings is 2. The lowest BCUT2D eigenvalue weighted by Gasteiger charge is -2.21. The van der Waals surface area contributed by atoms with Crippen molar-refractivity contribution in [3.8, 4) is 0 Å². The van der Waals surface area contributed by atoms with Crippen LogP contribution < -0.4 is 5.01 Å². The van der Waals surface area contributed by atoms with E-state index in [0.717, 1.165) is 17.7 Å². The van der Waals surface area contributed by atoms with Gasteiger partial charge in [-0.25, -0.2) is 0 Å². The topological polar surface area (TPSA) is 66.6 Å². The summed E-state index contributed by atoms with van der Waals surface area (Å²) in [6.07, 6.45) is -3.42. The number of aryl methyl sites for hydroxylation is 1. The molecule has 0 spiro atoms. The molecule has 0 aliphatic carbocycles. The summed E-state index contributed by atoms with van der Waals surface area (Å²) in [5, 5.41) is 13.5. The molecule has 0 aromatic heterocycles. The number of nitrogens with zero attached hydrogens (tertiary/aromatic N) is 4. The Morgan fingerprint density at radius 3 is 2.72 bits per heavy atom. The Hall–Kier alpha value is -3.23. The number of hydrogen-bond acceptors (Lipinski definition) is 5. The molecule has 1 amide bonds. The lowest BCUT2D eigenvalue weighted by atomic mass is 10.0. The Morgan fingerprint density at radius 1 is 1.25 bits per heavy atom. The zero-order valence-corrected chi connectivity index (χ0v) is 18.2. The van der Waals surface area contributed by atoms with E-state index >= 15 is 0 Å². The second-order valence-electron chi connectivity index (χ2n) is 7.61. The lowest BCUT2D eigenvalue weighted by Crippen LogP contribution is -2.30. The van der Waals surface area contributed by atoms with Gasteiger partial charge in [0.15, 0.2) is 0 Å². The van der Waals surface area contributed by atoms with Crippen LogP contribution >= 0.6 is 0 Å². The van der Waals surface area contributed by atoms with Gasteiger partial charge in [-0.2, -0.15) is 23.3 Å². The minimum Gasteiger partial charge on any atom is -0.391 e. The fourth-order valence-corrected chi connectivity index (χ4v) is 3.35. The molecule has 0 radical (unpaired) electrons. The van der Waals surface area contributed by atoms with Crippen molar-refractivity contribution < 1.29 is 22.8 Å². The van der Waals surface area contributed by atoms with Gasteiger partial charge >= 0.3 is 6.18 Å². The first kappa shape index (κ1) is 23.4. The van der Waals surface area contributed by atoms with E-state index in [1.165, 1.54) is 11.1 Å². The summed E-state index contributed by atoms with van der Waals surface area (Å²) >= 11 is 0. The third-order valence-corrected chi connectivity index (χ3v) is 5.30. The molecule has 2 aromatic carbocycles. The number of alkyl halides is 3. The molecule has 9 heteroatoms. The van der Waals surface area contributed by atoms with Crippen LogP contribution in [0, 0.1) is 12.8 Å². The van der Waals surface area contributed by atoms with Gasteiger partial charge in [-0.05, 0) is 49.1 Å². The minimum atomic E-state index is -4.43. The molecule has 2 aromatic rings. The number of carbonyl (C=O) groups excluding carboxylic acids is 1. The standard InChI is InChI=1S/C23H25F3N4O2/c1-4-20(17-8-6-9-18(13-17)23(24,25)26)28-32-14-19-15(2)7-5-10-21(19)30-22(31)16(3)11-12-27-29-30/h5-10,13,16H,4,11-12,14H2,1-3H3/b28-20-. The Bertz CT molecular complexity index is 1030. The number of halogens is 3. The summed E-state index contributed by atoms with van der Waals surface area (Å²) in [7, 11) is 0. The molecule has 1 aliphatic rings. The maximum atomic E-state index is 13.0. The van der Waals surface area contributed by atoms with Gasteiger partial charge in [0.05, 0.1) is 23.5 Å². The predicted molar refractivity (Wildman–Crippen MR) is 115 cm³/mol. The Balaban J connectivity index is 1.85. The molecule has 0 saturated heterocycles. The molecular weight excluding hydrogens is 421 g/mol. The first-order chi connectivity index (χ1) is 15.2. The van der Waals surface area contributed by atoms with E-state index in [1.807, 2.05) is 26.0 Å². The summed E-state index contributed by atoms with van der Waals surface area (Å²) in [6.45, 7) is 6.01. The van der Waals surface area contributed by atoms with Gasteiger partial charge in [-0.3, -0.25) is 4.79 Å². The Kier molecular flexibility index (Phi) is 7.27. The number of carbonyl (C=O) groups is 1. The summed E-state index contributed by atoms with van der Waals surface area (Å²) < 4.78 is 39.1. The van der Waals surface area contributed by atoms with Gasteiger partial charge in [0.2, 0.25) is 0 Å². The smallest absolute Gasteiger partial charge is 0.391 e. The molecule has 1 unspecified atom stereocenters. The van der Waals surface area contributed by atoms with E-state index in [0.29, 0.717) is 41.9 Å². The Labute approximate surface area is 184 Å². The summed E-state index contributed by atoms with van der Waals surface area (Å²) in [4.78, 5) is 18.3. The fraction of sp³-hybridized carbons (Fsp3) is 0.391.